The molecule has 2 aliphatic heterocycles. The van der Waals surface area contributed by atoms with Crippen LogP contribution in [-0.4, -0.2) is 59.3 Å². The van der Waals surface area contributed by atoms with E-state index < -0.39 is 10.0 Å². The Kier molecular flexibility index (Phi) is 5.97. The van der Waals surface area contributed by atoms with E-state index in [2.05, 4.69) is 11.6 Å². The zero-order valence-electron chi connectivity index (χ0n) is 17.6. The first-order chi connectivity index (χ1) is 14.4. The number of nitrogens with zero attached hydrogens (tertiary/aromatic N) is 4. The fraction of sp³-hybridized carbons (Fsp3) is 0.545. The third kappa shape index (κ3) is 4.16. The van der Waals surface area contributed by atoms with Crippen molar-refractivity contribution in [1.29, 1.82) is 0 Å². The molecule has 1 aromatic carbocycles. The normalized spacial score (nSPS) is 18.8. The van der Waals surface area contributed by atoms with Crippen LogP contribution >= 0.6 is 0 Å². The summed E-state index contributed by atoms with van der Waals surface area (Å²) in [4.78, 5) is 19.4. The minimum Gasteiger partial charge on any atom is -0.342 e. The van der Waals surface area contributed by atoms with E-state index in [1.54, 1.807) is 16.4 Å². The van der Waals surface area contributed by atoms with Crippen LogP contribution in [0.25, 0.3) is 11.0 Å². The largest absolute Gasteiger partial charge is 0.342 e. The van der Waals surface area contributed by atoms with E-state index in [-0.39, 0.29) is 5.91 Å². The number of carbonyl (C=O) groups excluding carboxylic acids is 1. The zero-order valence-corrected chi connectivity index (χ0v) is 18.5. The van der Waals surface area contributed by atoms with Gasteiger partial charge in [0, 0.05) is 46.1 Å². The van der Waals surface area contributed by atoms with E-state index in [1.165, 1.54) is 5.57 Å². The van der Waals surface area contributed by atoms with Crippen molar-refractivity contribution in [2.75, 3.05) is 26.2 Å². The number of benzene rings is 1. The maximum absolute atomic E-state index is 13.0. The van der Waals surface area contributed by atoms with Crippen molar-refractivity contribution in [1.82, 2.24) is 18.8 Å². The Morgan fingerprint density at radius 3 is 2.50 bits per heavy atom. The monoisotopic (exact) mass is 430 g/mol. The van der Waals surface area contributed by atoms with Crippen molar-refractivity contribution in [2.24, 2.45) is 7.05 Å². The molecule has 0 radical (unpaired) electrons. The number of rotatable bonds is 5. The van der Waals surface area contributed by atoms with Crippen molar-refractivity contribution in [3.63, 3.8) is 0 Å². The number of amides is 1. The lowest BCUT2D eigenvalue weighted by Crippen LogP contribution is -2.36. The number of likely N-dealkylation sites (tertiary alicyclic amines) is 1. The molecule has 0 bridgehead atoms. The molecule has 2 saturated heterocycles. The summed E-state index contributed by atoms with van der Waals surface area (Å²) in [6.45, 7) is 6.66. The quantitative estimate of drug-likeness (QED) is 0.684. The Hall–Kier alpha value is -2.19. The van der Waals surface area contributed by atoms with Crippen LogP contribution in [0, 0.1) is 0 Å². The summed E-state index contributed by atoms with van der Waals surface area (Å²) in [5.74, 6) is 0.940. The third-order valence-corrected chi connectivity index (χ3v) is 8.18. The van der Waals surface area contributed by atoms with E-state index >= 15 is 0 Å². The lowest BCUT2D eigenvalue weighted by Gasteiger charge is -2.28. The first-order valence-electron chi connectivity index (χ1n) is 10.8. The van der Waals surface area contributed by atoms with Crippen LogP contribution in [0.5, 0.6) is 0 Å². The molecule has 162 valence electrons. The van der Waals surface area contributed by atoms with Gasteiger partial charge in [0.25, 0.3) is 0 Å². The second-order valence-corrected chi connectivity index (χ2v) is 10.3. The minimum absolute atomic E-state index is 0.142. The first kappa shape index (κ1) is 21.1. The lowest BCUT2D eigenvalue weighted by atomic mass is 10.1. The molecule has 2 aliphatic rings. The number of imidazole rings is 1. The first-order valence-corrected chi connectivity index (χ1v) is 12.2. The molecular formula is C22H30N4O3S. The average molecular weight is 431 g/mol. The molecule has 0 aliphatic carbocycles. The van der Waals surface area contributed by atoms with Gasteiger partial charge in [-0.05, 0) is 43.9 Å². The van der Waals surface area contributed by atoms with Crippen LogP contribution in [0.15, 0.2) is 35.2 Å². The number of aromatic nitrogens is 2. The molecule has 8 heteroatoms. The van der Waals surface area contributed by atoms with Gasteiger partial charge in [0.05, 0.1) is 15.9 Å². The second-order valence-electron chi connectivity index (χ2n) is 8.33. The zero-order chi connectivity index (χ0) is 21.3. The van der Waals surface area contributed by atoms with Gasteiger partial charge >= 0.3 is 0 Å². The number of sulfonamides is 1. The molecule has 1 aromatic heterocycles. The SMILES string of the molecule is C=C1CCN(C(=O)CCc2nc3cc(S(=O)(=O)N4CCCCC4)ccc3n2C)CC1. The molecule has 0 saturated carbocycles. The highest BCUT2D eigenvalue weighted by atomic mass is 32.2. The Morgan fingerprint density at radius 1 is 1.10 bits per heavy atom. The minimum atomic E-state index is -3.49. The van der Waals surface area contributed by atoms with Crippen molar-refractivity contribution in [3.8, 4) is 0 Å². The predicted octanol–water partition coefficient (Wildman–Crippen LogP) is 2.86. The van der Waals surface area contributed by atoms with Gasteiger partial charge in [0.2, 0.25) is 15.9 Å². The fourth-order valence-electron chi connectivity index (χ4n) is 4.32. The van der Waals surface area contributed by atoms with Gasteiger partial charge < -0.3 is 9.47 Å². The molecule has 2 aromatic rings. The maximum atomic E-state index is 13.0. The third-order valence-electron chi connectivity index (χ3n) is 6.28. The van der Waals surface area contributed by atoms with E-state index in [9.17, 15) is 13.2 Å². The number of fused-ring (bicyclic) bond motifs is 1. The molecule has 0 atom stereocenters. The second kappa shape index (κ2) is 8.51. The number of hydrogen-bond donors (Lipinski definition) is 0. The van der Waals surface area contributed by atoms with Gasteiger partial charge in [-0.2, -0.15) is 4.31 Å². The Labute approximate surface area is 178 Å². The molecule has 1 amide bonds. The smallest absolute Gasteiger partial charge is 0.243 e. The Balaban J connectivity index is 1.49. The summed E-state index contributed by atoms with van der Waals surface area (Å²) in [5.41, 5.74) is 2.75. The van der Waals surface area contributed by atoms with Crippen molar-refractivity contribution < 1.29 is 13.2 Å². The predicted molar refractivity (Wildman–Crippen MR) is 117 cm³/mol. The summed E-state index contributed by atoms with van der Waals surface area (Å²) in [6, 6.07) is 5.16. The Bertz CT molecular complexity index is 1060. The fourth-order valence-corrected chi connectivity index (χ4v) is 5.85. The van der Waals surface area contributed by atoms with Gasteiger partial charge in [-0.25, -0.2) is 13.4 Å². The lowest BCUT2D eigenvalue weighted by molar-refractivity contribution is -0.131. The van der Waals surface area contributed by atoms with Crippen LogP contribution in [0.2, 0.25) is 0 Å². The molecular weight excluding hydrogens is 400 g/mol. The molecule has 0 unspecified atom stereocenters. The van der Waals surface area contributed by atoms with Crippen LogP contribution in [-0.2, 0) is 28.3 Å². The maximum Gasteiger partial charge on any atom is 0.243 e. The molecule has 2 fully saturated rings. The highest BCUT2D eigenvalue weighted by Gasteiger charge is 2.26. The number of aryl methyl sites for hydroxylation is 2. The molecule has 0 spiro atoms. The number of carbonyl (C=O) groups is 1. The van der Waals surface area contributed by atoms with Crippen LogP contribution in [0.3, 0.4) is 0 Å². The van der Waals surface area contributed by atoms with Crippen LogP contribution in [0.1, 0.15) is 44.3 Å². The number of hydrogen-bond acceptors (Lipinski definition) is 4. The number of piperidine rings is 2. The Morgan fingerprint density at radius 2 is 1.80 bits per heavy atom. The summed E-state index contributed by atoms with van der Waals surface area (Å²) in [6.07, 6.45) is 5.61. The van der Waals surface area contributed by atoms with E-state index in [0.29, 0.717) is 36.3 Å². The highest BCUT2D eigenvalue weighted by molar-refractivity contribution is 7.89. The standard InChI is InChI=1S/C22H30N4O3S/c1-17-10-14-25(15-11-17)22(27)9-8-21-23-19-16-18(6-7-20(19)24(21)2)30(28,29)26-12-4-3-5-13-26/h6-7,16H,1,3-5,8-15H2,2H3. The summed E-state index contributed by atoms with van der Waals surface area (Å²) < 4.78 is 29.5. The van der Waals surface area contributed by atoms with E-state index in [1.807, 2.05) is 22.6 Å². The van der Waals surface area contributed by atoms with Crippen molar-refractivity contribution in [2.45, 2.75) is 49.8 Å². The molecule has 30 heavy (non-hydrogen) atoms. The molecule has 0 N–H and O–H groups in total. The van der Waals surface area contributed by atoms with Crippen molar-refractivity contribution in [3.05, 3.63) is 36.2 Å². The summed E-state index contributed by atoms with van der Waals surface area (Å²) in [7, 11) is -1.57. The average Bonchev–Trinajstić information content (AvgIpc) is 3.08. The van der Waals surface area contributed by atoms with E-state index in [4.69, 9.17) is 0 Å². The molecule has 3 heterocycles. The van der Waals surface area contributed by atoms with E-state index in [0.717, 1.165) is 56.5 Å². The molecule has 7 nitrogen and oxygen atoms in total. The highest BCUT2D eigenvalue weighted by Crippen LogP contribution is 2.25. The van der Waals surface area contributed by atoms with Gasteiger partial charge in [-0.15, -0.1) is 0 Å². The summed E-state index contributed by atoms with van der Waals surface area (Å²) in [5, 5.41) is 0. The van der Waals surface area contributed by atoms with Crippen molar-refractivity contribution >= 4 is 27.0 Å². The van der Waals surface area contributed by atoms with Crippen LogP contribution in [0.4, 0.5) is 0 Å². The van der Waals surface area contributed by atoms with Gasteiger partial charge in [-0.3, -0.25) is 4.79 Å². The van der Waals surface area contributed by atoms with Crippen LogP contribution < -0.4 is 0 Å². The van der Waals surface area contributed by atoms with Gasteiger partial charge in [0.15, 0.2) is 0 Å². The molecule has 4 rings (SSSR count). The van der Waals surface area contributed by atoms with Gasteiger partial charge in [-0.1, -0.05) is 18.6 Å². The summed E-state index contributed by atoms with van der Waals surface area (Å²) >= 11 is 0. The topological polar surface area (TPSA) is 75.5 Å². The van der Waals surface area contributed by atoms with Gasteiger partial charge in [0.1, 0.15) is 5.82 Å².